The van der Waals surface area contributed by atoms with Crippen LogP contribution in [0, 0.1) is 5.41 Å². The minimum absolute atomic E-state index is 0.0252. The fourth-order valence-electron chi connectivity index (χ4n) is 5.99. The molecule has 0 aromatic heterocycles. The number of amides is 3. The number of benzene rings is 2. The summed E-state index contributed by atoms with van der Waals surface area (Å²) in [6.45, 7) is 1.22. The first-order valence-electron chi connectivity index (χ1n) is 14.3. The topological polar surface area (TPSA) is 116 Å². The van der Waals surface area contributed by atoms with Gasteiger partial charge in [0.05, 0.1) is 0 Å². The van der Waals surface area contributed by atoms with Crippen LogP contribution < -0.4 is 10.6 Å². The van der Waals surface area contributed by atoms with E-state index in [0.29, 0.717) is 24.9 Å². The van der Waals surface area contributed by atoms with Gasteiger partial charge in [0.1, 0.15) is 12.1 Å². The van der Waals surface area contributed by atoms with Gasteiger partial charge in [-0.1, -0.05) is 66.4 Å². The van der Waals surface area contributed by atoms with Gasteiger partial charge in [-0.15, -0.1) is 0 Å². The van der Waals surface area contributed by atoms with Crippen molar-refractivity contribution in [3.05, 3.63) is 69.7 Å². The summed E-state index contributed by atoms with van der Waals surface area (Å²) in [5.74, 6) is -2.39. The summed E-state index contributed by atoms with van der Waals surface area (Å²) in [7, 11) is 0. The first-order valence-corrected chi connectivity index (χ1v) is 15.0. The van der Waals surface area contributed by atoms with Crippen molar-refractivity contribution in [3.8, 4) is 0 Å². The predicted octanol–water partition coefficient (Wildman–Crippen LogP) is 5.26. The van der Waals surface area contributed by atoms with Crippen molar-refractivity contribution in [1.82, 2.24) is 15.5 Å². The van der Waals surface area contributed by atoms with E-state index in [0.717, 1.165) is 18.4 Å². The molecular weight excluding hydrogens is 565 g/mol. The highest BCUT2D eigenvalue weighted by Crippen LogP contribution is 2.46. The molecule has 3 N–H and O–H groups in total. The summed E-state index contributed by atoms with van der Waals surface area (Å²) < 4.78 is 0. The normalized spacial score (nSPS) is 17.6. The van der Waals surface area contributed by atoms with Crippen molar-refractivity contribution < 1.29 is 24.3 Å². The van der Waals surface area contributed by atoms with E-state index in [1.807, 2.05) is 30.3 Å². The van der Waals surface area contributed by atoms with Gasteiger partial charge in [-0.2, -0.15) is 0 Å². The van der Waals surface area contributed by atoms with Crippen LogP contribution in [-0.2, 0) is 20.8 Å². The lowest BCUT2D eigenvalue weighted by atomic mass is 9.77. The first kappa shape index (κ1) is 30.8. The van der Waals surface area contributed by atoms with E-state index in [2.05, 4.69) is 10.6 Å². The number of hydrogen-bond donors (Lipinski definition) is 3. The molecule has 8 nitrogen and oxygen atoms in total. The zero-order chi connectivity index (χ0) is 29.4. The number of aliphatic carboxylic acids is 1. The Balaban J connectivity index is 1.40. The highest BCUT2D eigenvalue weighted by atomic mass is 35.5. The standard InChI is InChI=1S/C31H37Cl2N3O5/c32-23-18-22(19-24(33)20-23)28(38)35-25(29(39)36-16-14-31(15-17-36)12-4-5-13-31)10-11-27(37)34-26(30(40)41)9-8-21-6-2-1-3-7-21/h1-3,6-7,18-20,25-26H,4-5,8-17H2,(H,34,37)(H,35,38)(H,40,41)/t25-,26?/m1/s1. The van der Waals surface area contributed by atoms with Crippen molar-refractivity contribution >= 4 is 46.9 Å². The smallest absolute Gasteiger partial charge is 0.326 e. The van der Waals surface area contributed by atoms with Gasteiger partial charge in [0.25, 0.3) is 5.91 Å². The van der Waals surface area contributed by atoms with Crippen LogP contribution in [0.25, 0.3) is 0 Å². The predicted molar refractivity (Wildman–Crippen MR) is 158 cm³/mol. The number of nitrogens with one attached hydrogen (secondary N) is 2. The highest BCUT2D eigenvalue weighted by Gasteiger charge is 2.39. The Morgan fingerprint density at radius 3 is 2.10 bits per heavy atom. The number of aryl methyl sites for hydroxylation is 1. The largest absolute Gasteiger partial charge is 0.480 e. The second-order valence-electron chi connectivity index (χ2n) is 11.2. The van der Waals surface area contributed by atoms with E-state index in [4.69, 9.17) is 23.2 Å². The lowest BCUT2D eigenvalue weighted by Crippen LogP contribution is -2.52. The van der Waals surface area contributed by atoms with Gasteiger partial charge in [-0.25, -0.2) is 4.79 Å². The summed E-state index contributed by atoms with van der Waals surface area (Å²) >= 11 is 12.2. The average molecular weight is 603 g/mol. The maximum atomic E-state index is 13.6. The first-order chi connectivity index (χ1) is 19.6. The number of likely N-dealkylation sites (tertiary alicyclic amines) is 1. The van der Waals surface area contributed by atoms with Gasteiger partial charge < -0.3 is 20.6 Å². The summed E-state index contributed by atoms with van der Waals surface area (Å²) in [6, 6.07) is 11.9. The summed E-state index contributed by atoms with van der Waals surface area (Å²) in [5, 5.41) is 15.6. The molecule has 1 unspecified atom stereocenters. The molecule has 1 aliphatic carbocycles. The van der Waals surface area contributed by atoms with Crippen LogP contribution in [0.3, 0.4) is 0 Å². The molecule has 2 atom stereocenters. The molecule has 2 aromatic carbocycles. The molecule has 0 radical (unpaired) electrons. The van der Waals surface area contributed by atoms with Crippen LogP contribution in [-0.4, -0.2) is 58.9 Å². The molecule has 1 saturated heterocycles. The molecule has 1 spiro atoms. The molecule has 2 aliphatic rings. The minimum atomic E-state index is -1.12. The Morgan fingerprint density at radius 2 is 1.49 bits per heavy atom. The van der Waals surface area contributed by atoms with Crippen LogP contribution in [0.2, 0.25) is 10.0 Å². The van der Waals surface area contributed by atoms with E-state index in [9.17, 15) is 24.3 Å². The van der Waals surface area contributed by atoms with Gasteiger partial charge in [-0.05, 0) is 74.1 Å². The second-order valence-corrected chi connectivity index (χ2v) is 12.1. The molecule has 3 amide bonds. The van der Waals surface area contributed by atoms with E-state index in [-0.39, 0.29) is 40.8 Å². The van der Waals surface area contributed by atoms with Crippen LogP contribution >= 0.6 is 23.2 Å². The number of carboxylic acids is 1. The minimum Gasteiger partial charge on any atom is -0.480 e. The molecule has 41 heavy (non-hydrogen) atoms. The molecule has 2 fully saturated rings. The lowest BCUT2D eigenvalue weighted by Gasteiger charge is -2.40. The SMILES string of the molecule is O=C(CC[C@@H](NC(=O)c1cc(Cl)cc(Cl)c1)C(=O)N1CCC2(CCCC2)CC1)NC(CCc1ccccc1)C(=O)O. The Hall–Kier alpha value is -3.10. The van der Waals surface area contributed by atoms with Crippen molar-refractivity contribution in [1.29, 1.82) is 0 Å². The number of hydrogen-bond acceptors (Lipinski definition) is 4. The zero-order valence-electron chi connectivity index (χ0n) is 23.0. The Morgan fingerprint density at radius 1 is 0.854 bits per heavy atom. The van der Waals surface area contributed by atoms with Crippen LogP contribution in [0.5, 0.6) is 0 Å². The Labute approximate surface area is 250 Å². The quantitative estimate of drug-likeness (QED) is 0.325. The fourth-order valence-corrected chi connectivity index (χ4v) is 6.51. The van der Waals surface area contributed by atoms with Crippen LogP contribution in [0.15, 0.2) is 48.5 Å². The molecule has 0 bridgehead atoms. The van der Waals surface area contributed by atoms with E-state index >= 15 is 0 Å². The number of rotatable bonds is 11. The van der Waals surface area contributed by atoms with Crippen LogP contribution in [0.1, 0.15) is 73.7 Å². The fraction of sp³-hybridized carbons (Fsp3) is 0.484. The van der Waals surface area contributed by atoms with Crippen molar-refractivity contribution in [2.24, 2.45) is 5.41 Å². The number of carbonyl (C=O) groups is 4. The molecular formula is C31H37Cl2N3O5. The molecule has 1 saturated carbocycles. The molecule has 2 aromatic rings. The molecule has 4 rings (SSSR count). The second kappa shape index (κ2) is 14.2. The summed E-state index contributed by atoms with van der Waals surface area (Å²) in [4.78, 5) is 53.2. The van der Waals surface area contributed by atoms with Crippen molar-refractivity contribution in [2.75, 3.05) is 13.1 Å². The van der Waals surface area contributed by atoms with E-state index in [1.54, 1.807) is 4.90 Å². The summed E-state index contributed by atoms with van der Waals surface area (Å²) in [6.07, 6.45) is 7.34. The third-order valence-corrected chi connectivity index (χ3v) is 8.82. The van der Waals surface area contributed by atoms with Gasteiger partial charge >= 0.3 is 5.97 Å². The zero-order valence-corrected chi connectivity index (χ0v) is 24.6. The molecule has 1 heterocycles. The monoisotopic (exact) mass is 601 g/mol. The molecule has 10 heteroatoms. The lowest BCUT2D eigenvalue weighted by molar-refractivity contribution is -0.142. The number of nitrogens with zero attached hydrogens (tertiary/aromatic N) is 1. The van der Waals surface area contributed by atoms with Gasteiger partial charge in [0, 0.05) is 35.1 Å². The van der Waals surface area contributed by atoms with Gasteiger partial charge in [0.15, 0.2) is 0 Å². The number of piperidine rings is 1. The number of carbonyl (C=O) groups excluding carboxylic acids is 3. The maximum Gasteiger partial charge on any atom is 0.326 e. The number of carboxylic acid groups (broad SMARTS) is 1. The average Bonchev–Trinajstić information content (AvgIpc) is 3.40. The number of halogens is 2. The van der Waals surface area contributed by atoms with Crippen LogP contribution in [0.4, 0.5) is 0 Å². The van der Waals surface area contributed by atoms with E-state index in [1.165, 1.54) is 43.9 Å². The van der Waals surface area contributed by atoms with Gasteiger partial charge in [0.2, 0.25) is 11.8 Å². The molecule has 1 aliphatic heterocycles. The Bertz CT molecular complexity index is 1220. The third-order valence-electron chi connectivity index (χ3n) is 8.39. The molecule has 220 valence electrons. The highest BCUT2D eigenvalue weighted by molar-refractivity contribution is 6.35. The van der Waals surface area contributed by atoms with Crippen molar-refractivity contribution in [3.63, 3.8) is 0 Å². The van der Waals surface area contributed by atoms with E-state index < -0.39 is 29.9 Å². The maximum absolute atomic E-state index is 13.6. The summed E-state index contributed by atoms with van der Waals surface area (Å²) in [5.41, 5.74) is 1.50. The third kappa shape index (κ3) is 8.69. The van der Waals surface area contributed by atoms with Crippen molar-refractivity contribution in [2.45, 2.75) is 76.3 Å². The van der Waals surface area contributed by atoms with Gasteiger partial charge in [-0.3, -0.25) is 14.4 Å². The Kier molecular flexibility index (Phi) is 10.7.